The molecule has 0 amide bonds. The molecule has 2 N–H and O–H groups in total. The largest absolute Gasteiger partial charge is 0.493 e. The molecule has 0 aromatic carbocycles. The first kappa shape index (κ1) is 13.1. The summed E-state index contributed by atoms with van der Waals surface area (Å²) >= 11 is 0. The lowest BCUT2D eigenvalue weighted by Crippen LogP contribution is -2.44. The normalized spacial score (nSPS) is 24.1. The third kappa shape index (κ3) is 2.58. The highest BCUT2D eigenvalue weighted by molar-refractivity contribution is 5.59. The van der Waals surface area contributed by atoms with Crippen molar-refractivity contribution in [2.75, 3.05) is 25.1 Å². The minimum Gasteiger partial charge on any atom is -0.493 e. The van der Waals surface area contributed by atoms with Crippen molar-refractivity contribution >= 4 is 5.69 Å². The SMILES string of the molecule is COc1cnc(C)cc1N1CC(CN)CCC1C. The molecule has 2 heterocycles. The molecule has 0 radical (unpaired) electrons. The van der Waals surface area contributed by atoms with Crippen molar-refractivity contribution in [2.45, 2.75) is 32.7 Å². The first-order chi connectivity index (χ1) is 8.65. The number of hydrogen-bond acceptors (Lipinski definition) is 4. The molecule has 1 aromatic rings. The van der Waals surface area contributed by atoms with Crippen LogP contribution in [0.4, 0.5) is 5.69 Å². The molecule has 0 bridgehead atoms. The van der Waals surface area contributed by atoms with E-state index in [4.69, 9.17) is 10.5 Å². The minimum absolute atomic E-state index is 0.531. The van der Waals surface area contributed by atoms with Gasteiger partial charge in [-0.25, -0.2) is 0 Å². The molecule has 1 saturated heterocycles. The zero-order valence-corrected chi connectivity index (χ0v) is 11.5. The summed E-state index contributed by atoms with van der Waals surface area (Å²) in [5.41, 5.74) is 7.99. The molecule has 0 saturated carbocycles. The zero-order valence-electron chi connectivity index (χ0n) is 11.5. The summed E-state index contributed by atoms with van der Waals surface area (Å²) in [6, 6.07) is 2.64. The first-order valence-corrected chi connectivity index (χ1v) is 6.63. The number of ether oxygens (including phenoxy) is 1. The Morgan fingerprint density at radius 3 is 2.94 bits per heavy atom. The van der Waals surface area contributed by atoms with Crippen molar-refractivity contribution in [3.05, 3.63) is 18.0 Å². The van der Waals surface area contributed by atoms with Gasteiger partial charge in [0.15, 0.2) is 5.75 Å². The molecule has 1 aliphatic rings. The fourth-order valence-corrected chi connectivity index (χ4v) is 2.62. The summed E-state index contributed by atoms with van der Waals surface area (Å²) < 4.78 is 5.44. The number of nitrogens with two attached hydrogens (primary N) is 1. The Labute approximate surface area is 109 Å². The van der Waals surface area contributed by atoms with Gasteiger partial charge in [0, 0.05) is 18.3 Å². The van der Waals surface area contributed by atoms with E-state index in [9.17, 15) is 0 Å². The maximum absolute atomic E-state index is 5.82. The Hall–Kier alpha value is -1.29. The van der Waals surface area contributed by atoms with Gasteiger partial charge in [-0.05, 0) is 45.2 Å². The van der Waals surface area contributed by atoms with Crippen molar-refractivity contribution in [1.29, 1.82) is 0 Å². The highest BCUT2D eigenvalue weighted by Crippen LogP contribution is 2.34. The molecule has 100 valence electrons. The van der Waals surface area contributed by atoms with Gasteiger partial charge in [-0.15, -0.1) is 0 Å². The van der Waals surface area contributed by atoms with E-state index >= 15 is 0 Å². The number of pyridine rings is 1. The van der Waals surface area contributed by atoms with Crippen LogP contribution in [0.5, 0.6) is 5.75 Å². The fourth-order valence-electron chi connectivity index (χ4n) is 2.62. The lowest BCUT2D eigenvalue weighted by atomic mass is 9.93. The van der Waals surface area contributed by atoms with Gasteiger partial charge in [0.25, 0.3) is 0 Å². The Morgan fingerprint density at radius 2 is 2.28 bits per heavy atom. The number of nitrogens with zero attached hydrogens (tertiary/aromatic N) is 2. The van der Waals surface area contributed by atoms with Gasteiger partial charge in [0.2, 0.25) is 0 Å². The predicted molar refractivity (Wildman–Crippen MR) is 74.1 cm³/mol. The highest BCUT2D eigenvalue weighted by Gasteiger charge is 2.26. The molecule has 1 aliphatic heterocycles. The van der Waals surface area contributed by atoms with Crippen LogP contribution in [0, 0.1) is 12.8 Å². The van der Waals surface area contributed by atoms with Crippen LogP contribution in [0.15, 0.2) is 12.3 Å². The molecule has 4 heteroatoms. The molecular weight excluding hydrogens is 226 g/mol. The minimum atomic E-state index is 0.531. The maximum atomic E-state index is 5.82. The summed E-state index contributed by atoms with van der Waals surface area (Å²) in [4.78, 5) is 6.70. The number of rotatable bonds is 3. The lowest BCUT2D eigenvalue weighted by molar-refractivity contribution is 0.364. The van der Waals surface area contributed by atoms with E-state index in [1.165, 1.54) is 12.8 Å². The Kier molecular flexibility index (Phi) is 4.07. The van der Waals surface area contributed by atoms with Crippen LogP contribution in [0.2, 0.25) is 0 Å². The second kappa shape index (κ2) is 5.57. The Bertz CT molecular complexity index is 408. The van der Waals surface area contributed by atoms with E-state index in [2.05, 4.69) is 22.9 Å². The molecule has 2 atom stereocenters. The van der Waals surface area contributed by atoms with Gasteiger partial charge in [0.1, 0.15) is 0 Å². The van der Waals surface area contributed by atoms with Crippen molar-refractivity contribution in [3.8, 4) is 5.75 Å². The average Bonchev–Trinajstić information content (AvgIpc) is 2.39. The van der Waals surface area contributed by atoms with Crippen molar-refractivity contribution in [2.24, 2.45) is 11.7 Å². The van der Waals surface area contributed by atoms with Crippen molar-refractivity contribution in [1.82, 2.24) is 4.98 Å². The summed E-state index contributed by atoms with van der Waals surface area (Å²) in [5, 5.41) is 0. The maximum Gasteiger partial charge on any atom is 0.160 e. The van der Waals surface area contributed by atoms with Crippen LogP contribution in [-0.2, 0) is 0 Å². The van der Waals surface area contributed by atoms with E-state index < -0.39 is 0 Å². The summed E-state index contributed by atoms with van der Waals surface area (Å²) in [5.74, 6) is 1.43. The predicted octanol–water partition coefficient (Wildman–Crippen LogP) is 1.96. The molecule has 2 rings (SSSR count). The second-order valence-electron chi connectivity index (χ2n) is 5.18. The second-order valence-corrected chi connectivity index (χ2v) is 5.18. The van der Waals surface area contributed by atoms with Gasteiger partial charge in [0.05, 0.1) is 19.0 Å². The number of aryl methyl sites for hydroxylation is 1. The van der Waals surface area contributed by atoms with Crippen LogP contribution < -0.4 is 15.4 Å². The van der Waals surface area contributed by atoms with Crippen molar-refractivity contribution < 1.29 is 4.74 Å². The third-order valence-electron chi connectivity index (χ3n) is 3.83. The molecule has 1 fully saturated rings. The van der Waals surface area contributed by atoms with E-state index in [1.807, 2.05) is 13.1 Å². The summed E-state index contributed by atoms with van der Waals surface area (Å²) in [7, 11) is 1.70. The lowest BCUT2D eigenvalue weighted by Gasteiger charge is -2.40. The number of aromatic nitrogens is 1. The number of hydrogen-bond donors (Lipinski definition) is 1. The van der Waals surface area contributed by atoms with Crippen LogP contribution in [0.3, 0.4) is 0 Å². The summed E-state index contributed by atoms with van der Waals surface area (Å²) in [6.45, 7) is 6.05. The van der Waals surface area contributed by atoms with Gasteiger partial charge >= 0.3 is 0 Å². The van der Waals surface area contributed by atoms with E-state index in [1.54, 1.807) is 7.11 Å². The first-order valence-electron chi connectivity index (χ1n) is 6.63. The number of methoxy groups -OCH3 is 1. The molecule has 4 nitrogen and oxygen atoms in total. The Balaban J connectivity index is 2.30. The monoisotopic (exact) mass is 249 g/mol. The van der Waals surface area contributed by atoms with Gasteiger partial charge in [-0.2, -0.15) is 0 Å². The van der Waals surface area contributed by atoms with Crippen LogP contribution in [0.25, 0.3) is 0 Å². The van der Waals surface area contributed by atoms with E-state index in [-0.39, 0.29) is 0 Å². The van der Waals surface area contributed by atoms with Crippen LogP contribution in [0.1, 0.15) is 25.5 Å². The van der Waals surface area contributed by atoms with Gasteiger partial charge in [-0.1, -0.05) is 0 Å². The standard InChI is InChI=1S/C14H23N3O/c1-10-6-13(14(18-3)8-16-10)17-9-12(7-15)5-4-11(17)2/h6,8,11-12H,4-5,7,9,15H2,1-3H3. The smallest absolute Gasteiger partial charge is 0.160 e. The quantitative estimate of drug-likeness (QED) is 0.889. The van der Waals surface area contributed by atoms with Gasteiger partial charge < -0.3 is 15.4 Å². The molecule has 0 spiro atoms. The number of anilines is 1. The zero-order chi connectivity index (χ0) is 13.1. The Morgan fingerprint density at radius 1 is 1.50 bits per heavy atom. The molecule has 2 unspecified atom stereocenters. The molecule has 1 aromatic heterocycles. The summed E-state index contributed by atoms with van der Waals surface area (Å²) in [6.07, 6.45) is 4.22. The molecular formula is C14H23N3O. The van der Waals surface area contributed by atoms with Crippen LogP contribution in [-0.4, -0.2) is 31.2 Å². The molecule has 0 aliphatic carbocycles. The van der Waals surface area contributed by atoms with E-state index in [0.29, 0.717) is 12.0 Å². The molecule has 18 heavy (non-hydrogen) atoms. The van der Waals surface area contributed by atoms with E-state index in [0.717, 1.165) is 30.2 Å². The number of piperidine rings is 1. The fraction of sp³-hybridized carbons (Fsp3) is 0.643. The average molecular weight is 249 g/mol. The highest BCUT2D eigenvalue weighted by atomic mass is 16.5. The third-order valence-corrected chi connectivity index (χ3v) is 3.83. The van der Waals surface area contributed by atoms with Crippen molar-refractivity contribution in [3.63, 3.8) is 0 Å². The van der Waals surface area contributed by atoms with Gasteiger partial charge in [-0.3, -0.25) is 4.98 Å². The topological polar surface area (TPSA) is 51.4 Å². The van der Waals surface area contributed by atoms with Crippen LogP contribution >= 0.6 is 0 Å².